The maximum atomic E-state index is 5.87. The molecule has 98 valence electrons. The van der Waals surface area contributed by atoms with Gasteiger partial charge in [-0.25, -0.2) is 0 Å². The van der Waals surface area contributed by atoms with E-state index in [0.29, 0.717) is 31.8 Å². The third-order valence-corrected chi connectivity index (χ3v) is 3.08. The zero-order chi connectivity index (χ0) is 12.8. The van der Waals surface area contributed by atoms with Gasteiger partial charge in [0.05, 0.1) is 19.8 Å². The first-order chi connectivity index (χ1) is 8.77. The van der Waals surface area contributed by atoms with E-state index < -0.39 is 0 Å². The Kier molecular flexibility index (Phi) is 4.59. The molecule has 0 aliphatic heterocycles. The minimum Gasteiger partial charge on any atom is -0.375 e. The summed E-state index contributed by atoms with van der Waals surface area (Å²) >= 11 is 0. The number of hydrogen-bond acceptors (Lipinski definition) is 2. The number of guanidine groups is 1. The Morgan fingerprint density at radius 1 is 1.39 bits per heavy atom. The predicted molar refractivity (Wildman–Crippen MR) is 73.4 cm³/mol. The maximum absolute atomic E-state index is 5.87. The number of rotatable bonds is 6. The van der Waals surface area contributed by atoms with Crippen molar-refractivity contribution < 1.29 is 4.74 Å². The van der Waals surface area contributed by atoms with Crippen molar-refractivity contribution in [3.63, 3.8) is 0 Å². The highest BCUT2D eigenvalue weighted by atomic mass is 16.5. The molecular formula is C14H21N3O. The van der Waals surface area contributed by atoms with E-state index in [9.17, 15) is 0 Å². The standard InChI is InChI=1S/C14H21N3O/c1-17(13-7-8-13)14(15)16-9-10-18-11-12-5-3-2-4-6-12/h2-6,13H,7-11H2,1H3,(H2,15,16). The molecule has 1 saturated carbocycles. The van der Waals surface area contributed by atoms with Gasteiger partial charge in [0.15, 0.2) is 5.96 Å². The van der Waals surface area contributed by atoms with Crippen LogP contribution in [0, 0.1) is 0 Å². The smallest absolute Gasteiger partial charge is 0.191 e. The van der Waals surface area contributed by atoms with Crippen LogP contribution in [0.4, 0.5) is 0 Å². The molecule has 1 fully saturated rings. The van der Waals surface area contributed by atoms with Crippen LogP contribution < -0.4 is 5.73 Å². The number of aliphatic imine (C=N–C) groups is 1. The Morgan fingerprint density at radius 3 is 2.78 bits per heavy atom. The van der Waals surface area contributed by atoms with Crippen LogP contribution in [0.3, 0.4) is 0 Å². The highest BCUT2D eigenvalue weighted by Gasteiger charge is 2.27. The monoisotopic (exact) mass is 247 g/mol. The molecule has 0 spiro atoms. The van der Waals surface area contributed by atoms with Gasteiger partial charge in [0.25, 0.3) is 0 Å². The number of nitrogens with zero attached hydrogens (tertiary/aromatic N) is 2. The molecule has 1 aliphatic rings. The summed E-state index contributed by atoms with van der Waals surface area (Å²) in [5.74, 6) is 0.626. The summed E-state index contributed by atoms with van der Waals surface area (Å²) in [6.45, 7) is 1.86. The number of nitrogens with two attached hydrogens (primary N) is 1. The molecular weight excluding hydrogens is 226 g/mol. The summed E-state index contributed by atoms with van der Waals surface area (Å²) in [4.78, 5) is 6.36. The van der Waals surface area contributed by atoms with Gasteiger partial charge in [-0.05, 0) is 18.4 Å². The van der Waals surface area contributed by atoms with Gasteiger partial charge in [0, 0.05) is 13.1 Å². The minimum atomic E-state index is 0.605. The molecule has 18 heavy (non-hydrogen) atoms. The summed E-state index contributed by atoms with van der Waals surface area (Å²) in [6.07, 6.45) is 2.47. The van der Waals surface area contributed by atoms with E-state index in [4.69, 9.17) is 10.5 Å². The fraction of sp³-hybridized carbons (Fsp3) is 0.500. The van der Waals surface area contributed by atoms with Crippen LogP contribution in [0.1, 0.15) is 18.4 Å². The second-order valence-electron chi connectivity index (χ2n) is 4.62. The van der Waals surface area contributed by atoms with E-state index in [1.54, 1.807) is 0 Å². The van der Waals surface area contributed by atoms with Crippen LogP contribution in [-0.2, 0) is 11.3 Å². The van der Waals surface area contributed by atoms with E-state index in [2.05, 4.69) is 22.0 Å². The van der Waals surface area contributed by atoms with Crippen LogP contribution in [-0.4, -0.2) is 37.1 Å². The first-order valence-electron chi connectivity index (χ1n) is 6.42. The Labute approximate surface area is 108 Å². The molecule has 4 heteroatoms. The second kappa shape index (κ2) is 6.40. The Bertz CT molecular complexity index is 387. The molecule has 0 amide bonds. The quantitative estimate of drug-likeness (QED) is 0.472. The van der Waals surface area contributed by atoms with Crippen LogP contribution in [0.15, 0.2) is 35.3 Å². The molecule has 1 aliphatic carbocycles. The van der Waals surface area contributed by atoms with Gasteiger partial charge < -0.3 is 15.4 Å². The van der Waals surface area contributed by atoms with Gasteiger partial charge in [-0.2, -0.15) is 0 Å². The average molecular weight is 247 g/mol. The van der Waals surface area contributed by atoms with Gasteiger partial charge in [0.2, 0.25) is 0 Å². The van der Waals surface area contributed by atoms with Crippen LogP contribution >= 0.6 is 0 Å². The van der Waals surface area contributed by atoms with Crippen molar-refractivity contribution in [1.29, 1.82) is 0 Å². The van der Waals surface area contributed by atoms with Crippen molar-refractivity contribution in [2.24, 2.45) is 10.7 Å². The van der Waals surface area contributed by atoms with Crippen molar-refractivity contribution >= 4 is 5.96 Å². The summed E-state index contributed by atoms with van der Waals surface area (Å²) in [5, 5.41) is 0. The molecule has 4 nitrogen and oxygen atoms in total. The van der Waals surface area contributed by atoms with Crippen molar-refractivity contribution in [3.8, 4) is 0 Å². The lowest BCUT2D eigenvalue weighted by molar-refractivity contribution is 0.128. The lowest BCUT2D eigenvalue weighted by Gasteiger charge is -2.16. The molecule has 2 N–H and O–H groups in total. The van der Waals surface area contributed by atoms with Gasteiger partial charge >= 0.3 is 0 Å². The zero-order valence-corrected chi connectivity index (χ0v) is 10.9. The molecule has 1 aromatic carbocycles. The van der Waals surface area contributed by atoms with E-state index in [0.717, 1.165) is 0 Å². The van der Waals surface area contributed by atoms with Crippen LogP contribution in [0.25, 0.3) is 0 Å². The summed E-state index contributed by atoms with van der Waals surface area (Å²) in [7, 11) is 2.00. The van der Waals surface area contributed by atoms with Gasteiger partial charge in [-0.15, -0.1) is 0 Å². The number of benzene rings is 1. The van der Waals surface area contributed by atoms with Gasteiger partial charge in [-0.1, -0.05) is 30.3 Å². The third kappa shape index (κ3) is 4.04. The molecule has 0 unspecified atom stereocenters. The fourth-order valence-corrected chi connectivity index (χ4v) is 1.75. The fourth-order valence-electron chi connectivity index (χ4n) is 1.75. The highest BCUT2D eigenvalue weighted by Crippen LogP contribution is 2.24. The van der Waals surface area contributed by atoms with Crippen LogP contribution in [0.2, 0.25) is 0 Å². The molecule has 0 radical (unpaired) electrons. The molecule has 0 bridgehead atoms. The van der Waals surface area contributed by atoms with Crippen molar-refractivity contribution in [3.05, 3.63) is 35.9 Å². The molecule has 0 atom stereocenters. The van der Waals surface area contributed by atoms with Crippen molar-refractivity contribution in [2.75, 3.05) is 20.2 Å². The normalized spacial score (nSPS) is 15.7. The average Bonchev–Trinajstić information content (AvgIpc) is 3.23. The summed E-state index contributed by atoms with van der Waals surface area (Å²) < 4.78 is 5.54. The Balaban J connectivity index is 1.62. The summed E-state index contributed by atoms with van der Waals surface area (Å²) in [5.41, 5.74) is 7.06. The summed E-state index contributed by atoms with van der Waals surface area (Å²) in [6, 6.07) is 10.7. The molecule has 2 rings (SSSR count). The third-order valence-electron chi connectivity index (χ3n) is 3.08. The lowest BCUT2D eigenvalue weighted by Crippen LogP contribution is -2.36. The van der Waals surface area contributed by atoms with Crippen molar-refractivity contribution in [2.45, 2.75) is 25.5 Å². The Morgan fingerprint density at radius 2 is 2.11 bits per heavy atom. The SMILES string of the molecule is CN(C(N)=NCCOCc1ccccc1)C1CC1. The van der Waals surface area contributed by atoms with E-state index >= 15 is 0 Å². The maximum Gasteiger partial charge on any atom is 0.191 e. The number of hydrogen-bond donors (Lipinski definition) is 1. The predicted octanol–water partition coefficient (Wildman–Crippen LogP) is 1.61. The first-order valence-corrected chi connectivity index (χ1v) is 6.42. The molecule has 0 heterocycles. The zero-order valence-electron chi connectivity index (χ0n) is 10.9. The van der Waals surface area contributed by atoms with E-state index in [1.807, 2.05) is 25.2 Å². The van der Waals surface area contributed by atoms with Gasteiger partial charge in [0.1, 0.15) is 0 Å². The minimum absolute atomic E-state index is 0.605. The largest absolute Gasteiger partial charge is 0.375 e. The Hall–Kier alpha value is -1.55. The first kappa shape index (κ1) is 12.9. The van der Waals surface area contributed by atoms with Crippen LogP contribution in [0.5, 0.6) is 0 Å². The molecule has 0 saturated heterocycles. The topological polar surface area (TPSA) is 50.8 Å². The number of ether oxygens (including phenoxy) is 1. The second-order valence-corrected chi connectivity index (χ2v) is 4.62. The molecule has 0 aromatic heterocycles. The van der Waals surface area contributed by atoms with E-state index in [-0.39, 0.29) is 0 Å². The van der Waals surface area contributed by atoms with Gasteiger partial charge in [-0.3, -0.25) is 4.99 Å². The van der Waals surface area contributed by atoms with Crippen molar-refractivity contribution in [1.82, 2.24) is 4.90 Å². The molecule has 1 aromatic rings. The highest BCUT2D eigenvalue weighted by molar-refractivity contribution is 5.78. The van der Waals surface area contributed by atoms with E-state index in [1.165, 1.54) is 18.4 Å². The lowest BCUT2D eigenvalue weighted by atomic mass is 10.2.